The largest absolute Gasteiger partial charge is 0.488 e. The zero-order valence-electron chi connectivity index (χ0n) is 17.5. The van der Waals surface area contributed by atoms with Crippen molar-refractivity contribution >= 4 is 30.3 Å². The first-order chi connectivity index (χ1) is 15.2. The van der Waals surface area contributed by atoms with Crippen molar-refractivity contribution in [3.63, 3.8) is 0 Å². The number of halogens is 1. The minimum Gasteiger partial charge on any atom is -0.488 e. The summed E-state index contributed by atoms with van der Waals surface area (Å²) in [5.74, 6) is 1.71. The van der Waals surface area contributed by atoms with E-state index in [1.165, 1.54) is 11.1 Å². The van der Waals surface area contributed by atoms with E-state index in [4.69, 9.17) is 9.47 Å². The molecule has 0 bridgehead atoms. The molecule has 6 heteroatoms. The molecule has 0 aliphatic carbocycles. The molecule has 1 heterocycles. The van der Waals surface area contributed by atoms with Gasteiger partial charge >= 0.3 is 0 Å². The number of benzene rings is 3. The highest BCUT2D eigenvalue weighted by Crippen LogP contribution is 2.41. The van der Waals surface area contributed by atoms with Crippen LogP contribution < -0.4 is 9.47 Å². The first-order valence-electron chi connectivity index (χ1n) is 10.3. The highest BCUT2D eigenvalue weighted by Gasteiger charge is 2.30. The average molecular weight is 547 g/mol. The highest BCUT2D eigenvalue weighted by molar-refractivity contribution is 14.2. The van der Waals surface area contributed by atoms with Crippen molar-refractivity contribution in [2.75, 3.05) is 6.61 Å². The van der Waals surface area contributed by atoms with Gasteiger partial charge in [-0.3, -0.25) is 0 Å². The van der Waals surface area contributed by atoms with E-state index in [2.05, 4.69) is 56.7 Å². The maximum atomic E-state index is 9.93. The lowest BCUT2D eigenvalue weighted by Gasteiger charge is -2.35. The van der Waals surface area contributed by atoms with E-state index in [0.29, 0.717) is 13.2 Å². The highest BCUT2D eigenvalue weighted by atomic mass is 127. The van der Waals surface area contributed by atoms with Gasteiger partial charge in [0, 0.05) is 45.4 Å². The number of aliphatic hydroxyl groups is 1. The molecule has 4 rings (SSSR count). The molecule has 3 aromatic rings. The van der Waals surface area contributed by atoms with Crippen LogP contribution in [0.2, 0.25) is 0 Å². The topological polar surface area (TPSA) is 41.9 Å². The van der Waals surface area contributed by atoms with Crippen LogP contribution in [0.25, 0.3) is 0 Å². The maximum Gasteiger partial charge on any atom is 0.128 e. The van der Waals surface area contributed by atoms with E-state index in [1.807, 2.05) is 42.5 Å². The predicted octanol–water partition coefficient (Wildman–Crippen LogP) is 5.87. The minimum atomic E-state index is 0.0828. The summed E-state index contributed by atoms with van der Waals surface area (Å²) in [6, 6.07) is 22.5. The van der Waals surface area contributed by atoms with Crippen molar-refractivity contribution in [3.8, 4) is 11.5 Å². The van der Waals surface area contributed by atoms with Crippen molar-refractivity contribution < 1.29 is 14.6 Å². The van der Waals surface area contributed by atoms with Crippen molar-refractivity contribution in [2.45, 2.75) is 39.1 Å². The van der Waals surface area contributed by atoms with Gasteiger partial charge in [-0.1, -0.05) is 60.7 Å². The molecule has 162 valence electrons. The maximum absolute atomic E-state index is 9.93. The van der Waals surface area contributed by atoms with Crippen molar-refractivity contribution in [1.29, 1.82) is 0 Å². The molecule has 3 aromatic carbocycles. The van der Waals surface area contributed by atoms with Crippen LogP contribution in [-0.2, 0) is 26.2 Å². The van der Waals surface area contributed by atoms with Gasteiger partial charge in [0.25, 0.3) is 0 Å². The van der Waals surface area contributed by atoms with E-state index >= 15 is 0 Å². The van der Waals surface area contributed by atoms with E-state index in [0.717, 1.165) is 41.2 Å². The SMILES string of the molecule is Cc1c(OCc2ccccc2)cc(OCc2ccccc2)c2c1CC(CO)N(SI)C2. The number of hydrogen-bond donors (Lipinski definition) is 1. The average Bonchev–Trinajstić information content (AvgIpc) is 2.83. The Kier molecular flexibility index (Phi) is 7.76. The van der Waals surface area contributed by atoms with Gasteiger partial charge in [0.2, 0.25) is 0 Å². The van der Waals surface area contributed by atoms with Gasteiger partial charge in [0.15, 0.2) is 0 Å². The van der Waals surface area contributed by atoms with Crippen molar-refractivity contribution in [1.82, 2.24) is 4.31 Å². The third-order valence-corrected chi connectivity index (χ3v) is 7.80. The molecule has 0 amide bonds. The second-order valence-electron chi connectivity index (χ2n) is 7.69. The van der Waals surface area contributed by atoms with Gasteiger partial charge in [-0.05, 0) is 44.7 Å². The molecule has 0 saturated carbocycles. The molecule has 31 heavy (non-hydrogen) atoms. The van der Waals surface area contributed by atoms with E-state index < -0.39 is 0 Å². The number of rotatable bonds is 8. The molecule has 1 aliphatic heterocycles. The Balaban J connectivity index is 1.65. The summed E-state index contributed by atoms with van der Waals surface area (Å²) in [6.45, 7) is 4.00. The van der Waals surface area contributed by atoms with Crippen LogP contribution in [0.3, 0.4) is 0 Å². The zero-order valence-corrected chi connectivity index (χ0v) is 20.4. The van der Waals surface area contributed by atoms with Gasteiger partial charge < -0.3 is 14.6 Å². The normalized spacial score (nSPS) is 16.0. The predicted molar refractivity (Wildman–Crippen MR) is 134 cm³/mol. The third-order valence-electron chi connectivity index (χ3n) is 5.68. The summed E-state index contributed by atoms with van der Waals surface area (Å²) in [5, 5.41) is 9.93. The number of fused-ring (bicyclic) bond motifs is 1. The summed E-state index contributed by atoms with van der Waals surface area (Å²) >= 11 is 2.29. The van der Waals surface area contributed by atoms with Gasteiger partial charge in [0.1, 0.15) is 24.7 Å². The van der Waals surface area contributed by atoms with E-state index in [9.17, 15) is 5.11 Å². The lowest BCUT2D eigenvalue weighted by molar-refractivity contribution is 0.181. The fraction of sp³-hybridized carbons (Fsp3) is 0.280. The van der Waals surface area contributed by atoms with Crippen molar-refractivity contribution in [2.24, 2.45) is 0 Å². The molecule has 1 unspecified atom stereocenters. The van der Waals surface area contributed by atoms with Crippen LogP contribution in [0.1, 0.15) is 27.8 Å². The molecule has 0 aromatic heterocycles. The fourth-order valence-corrected chi connectivity index (χ4v) is 5.71. The van der Waals surface area contributed by atoms with E-state index in [1.54, 1.807) is 9.12 Å². The standard InChI is InChI=1S/C25H26INO3S/c1-18-22-12-21(15-28)27(31-26)14-23(22)25(30-17-20-10-6-3-7-11-20)13-24(18)29-16-19-8-4-2-5-9-19/h2-11,13,21,28H,12,14-17H2,1H3. The molecule has 1 N–H and O–H groups in total. The van der Waals surface area contributed by atoms with Gasteiger partial charge in [0.05, 0.1) is 6.61 Å². The van der Waals surface area contributed by atoms with Gasteiger partial charge in [-0.15, -0.1) is 0 Å². The smallest absolute Gasteiger partial charge is 0.128 e. The summed E-state index contributed by atoms with van der Waals surface area (Å²) in [4.78, 5) is 0. The number of ether oxygens (including phenoxy) is 2. The first kappa shape index (κ1) is 22.5. The zero-order chi connectivity index (χ0) is 21.6. The summed E-state index contributed by atoms with van der Waals surface area (Å²) in [5.41, 5.74) is 5.82. The molecule has 4 nitrogen and oxygen atoms in total. The van der Waals surface area contributed by atoms with Crippen LogP contribution in [0.15, 0.2) is 66.7 Å². The monoisotopic (exact) mass is 547 g/mol. The number of nitrogens with zero attached hydrogens (tertiary/aromatic N) is 1. The molecule has 0 radical (unpaired) electrons. The number of hydrogen-bond acceptors (Lipinski definition) is 5. The van der Waals surface area contributed by atoms with Crippen LogP contribution in [0.5, 0.6) is 11.5 Å². The quantitative estimate of drug-likeness (QED) is 0.282. The van der Waals surface area contributed by atoms with Gasteiger partial charge in [-0.2, -0.15) is 0 Å². The van der Waals surface area contributed by atoms with Crippen LogP contribution in [-0.4, -0.2) is 22.1 Å². The Labute approximate surface area is 200 Å². The van der Waals surface area contributed by atoms with Gasteiger partial charge in [-0.25, -0.2) is 4.31 Å². The minimum absolute atomic E-state index is 0.0828. The lowest BCUT2D eigenvalue weighted by atomic mass is 9.90. The Morgan fingerprint density at radius 2 is 1.52 bits per heavy atom. The molecule has 0 fully saturated rings. The summed E-state index contributed by atoms with van der Waals surface area (Å²) < 4.78 is 14.8. The second kappa shape index (κ2) is 10.7. The molecule has 0 spiro atoms. The molecule has 1 atom stereocenters. The van der Waals surface area contributed by atoms with Crippen LogP contribution in [0, 0.1) is 6.92 Å². The third kappa shape index (κ3) is 5.37. The summed E-state index contributed by atoms with van der Waals surface area (Å²) in [6.07, 6.45) is 0.776. The Morgan fingerprint density at radius 3 is 2.06 bits per heavy atom. The van der Waals surface area contributed by atoms with Crippen LogP contribution >= 0.6 is 30.3 Å². The molecule has 1 aliphatic rings. The lowest BCUT2D eigenvalue weighted by Crippen LogP contribution is -2.38. The van der Waals surface area contributed by atoms with Crippen LogP contribution in [0.4, 0.5) is 0 Å². The molecule has 0 saturated heterocycles. The Bertz CT molecular complexity index is 1000. The van der Waals surface area contributed by atoms with E-state index in [-0.39, 0.29) is 12.6 Å². The fourth-order valence-electron chi connectivity index (χ4n) is 3.90. The second-order valence-corrected chi connectivity index (χ2v) is 9.48. The number of aliphatic hydroxyl groups excluding tert-OH is 1. The van der Waals surface area contributed by atoms with Crippen molar-refractivity contribution in [3.05, 3.63) is 94.5 Å². The Hall–Kier alpha value is -1.74. The molecular weight excluding hydrogens is 521 g/mol. The summed E-state index contributed by atoms with van der Waals surface area (Å²) in [7, 11) is 1.64. The Morgan fingerprint density at radius 1 is 0.935 bits per heavy atom. The first-order valence-corrected chi connectivity index (χ1v) is 13.7. The molecular formula is C25H26INO3S.